The fourth-order valence-electron chi connectivity index (χ4n) is 2.90. The molecule has 0 fully saturated rings. The van der Waals surface area contributed by atoms with Crippen LogP contribution in [0.3, 0.4) is 0 Å². The molecule has 0 aliphatic carbocycles. The first-order valence-corrected chi connectivity index (χ1v) is 8.56. The Bertz CT molecular complexity index is 686. The predicted octanol–water partition coefficient (Wildman–Crippen LogP) is 5.21. The van der Waals surface area contributed by atoms with Crippen molar-refractivity contribution in [3.8, 4) is 0 Å². The molecule has 0 aliphatic heterocycles. The van der Waals surface area contributed by atoms with E-state index in [1.54, 1.807) is 0 Å². The van der Waals surface area contributed by atoms with Crippen molar-refractivity contribution in [2.45, 2.75) is 5.92 Å². The molecule has 0 unspecified atom stereocenters. The van der Waals surface area contributed by atoms with Gasteiger partial charge in [0.25, 0.3) is 0 Å². The molecule has 0 amide bonds. The average Bonchev–Trinajstić information content (AvgIpc) is 2.62. The Morgan fingerprint density at radius 1 is 0.696 bits per heavy atom. The van der Waals surface area contributed by atoms with Gasteiger partial charge in [-0.1, -0.05) is 72.8 Å². The molecular formula is C21H21NS. The van der Waals surface area contributed by atoms with E-state index < -0.39 is 0 Å². The highest BCUT2D eigenvalue weighted by Crippen LogP contribution is 2.32. The topological polar surface area (TPSA) is 12.0 Å². The molecule has 116 valence electrons. The van der Waals surface area contributed by atoms with E-state index in [4.69, 9.17) is 0 Å². The summed E-state index contributed by atoms with van der Waals surface area (Å²) in [7, 11) is 0. The van der Waals surface area contributed by atoms with Crippen molar-refractivity contribution in [1.29, 1.82) is 0 Å². The summed E-state index contributed by atoms with van der Waals surface area (Å²) in [4.78, 5) is 0. The standard InChI is InChI=1S/C21H21NS/c23-15-14-22-20-13-7-12-19(16-20)21(17-8-3-1-4-9-17)18-10-5-2-6-11-18/h1-13,16,21-23H,14-15H2. The van der Waals surface area contributed by atoms with E-state index in [1.165, 1.54) is 16.7 Å². The number of rotatable bonds is 6. The van der Waals surface area contributed by atoms with Crippen molar-refractivity contribution in [3.05, 3.63) is 102 Å². The molecule has 0 saturated heterocycles. The fourth-order valence-corrected chi connectivity index (χ4v) is 3.01. The smallest absolute Gasteiger partial charge is 0.0343 e. The lowest BCUT2D eigenvalue weighted by Gasteiger charge is -2.20. The molecule has 0 aromatic heterocycles. The van der Waals surface area contributed by atoms with Crippen molar-refractivity contribution in [1.82, 2.24) is 0 Å². The zero-order valence-electron chi connectivity index (χ0n) is 13.0. The number of hydrogen-bond donors (Lipinski definition) is 2. The first kappa shape index (κ1) is 15.7. The minimum absolute atomic E-state index is 0.246. The van der Waals surface area contributed by atoms with Crippen LogP contribution >= 0.6 is 12.6 Å². The Balaban J connectivity index is 2.02. The molecule has 0 heterocycles. The van der Waals surface area contributed by atoms with Crippen molar-refractivity contribution in [2.75, 3.05) is 17.6 Å². The largest absolute Gasteiger partial charge is 0.384 e. The van der Waals surface area contributed by atoms with Gasteiger partial charge in [0.2, 0.25) is 0 Å². The maximum atomic E-state index is 4.27. The van der Waals surface area contributed by atoms with Crippen molar-refractivity contribution in [2.24, 2.45) is 0 Å². The summed E-state index contributed by atoms with van der Waals surface area (Å²) < 4.78 is 0. The Kier molecular flexibility index (Phi) is 5.38. The Labute approximate surface area is 143 Å². The quantitative estimate of drug-likeness (QED) is 0.469. The summed E-state index contributed by atoms with van der Waals surface area (Å²) >= 11 is 4.27. The van der Waals surface area contributed by atoms with Crippen LogP contribution in [0.2, 0.25) is 0 Å². The minimum Gasteiger partial charge on any atom is -0.384 e. The first-order chi connectivity index (χ1) is 11.4. The van der Waals surface area contributed by atoms with Gasteiger partial charge in [-0.25, -0.2) is 0 Å². The Morgan fingerprint density at radius 2 is 1.26 bits per heavy atom. The van der Waals surface area contributed by atoms with Gasteiger partial charge in [0, 0.05) is 23.9 Å². The van der Waals surface area contributed by atoms with Crippen LogP contribution in [0.25, 0.3) is 0 Å². The monoisotopic (exact) mass is 319 g/mol. The van der Waals surface area contributed by atoms with Gasteiger partial charge < -0.3 is 5.32 Å². The molecule has 0 saturated carbocycles. The van der Waals surface area contributed by atoms with Crippen molar-refractivity contribution < 1.29 is 0 Å². The number of thiol groups is 1. The Morgan fingerprint density at radius 3 is 1.83 bits per heavy atom. The van der Waals surface area contributed by atoms with Crippen molar-refractivity contribution >= 4 is 18.3 Å². The molecule has 0 spiro atoms. The lowest BCUT2D eigenvalue weighted by molar-refractivity contribution is 0.977. The first-order valence-electron chi connectivity index (χ1n) is 7.93. The SMILES string of the molecule is SCCNc1cccc(C(c2ccccc2)c2ccccc2)c1. The van der Waals surface area contributed by atoms with Crippen LogP contribution in [0.4, 0.5) is 5.69 Å². The molecule has 0 atom stereocenters. The van der Waals surface area contributed by atoms with Crippen LogP contribution in [0, 0.1) is 0 Å². The molecule has 3 rings (SSSR count). The molecule has 2 heteroatoms. The van der Waals surface area contributed by atoms with Crippen LogP contribution in [-0.2, 0) is 0 Å². The average molecular weight is 319 g/mol. The highest BCUT2D eigenvalue weighted by atomic mass is 32.1. The molecule has 0 bridgehead atoms. The van der Waals surface area contributed by atoms with Crippen LogP contribution in [0.15, 0.2) is 84.9 Å². The molecule has 0 radical (unpaired) electrons. The van der Waals surface area contributed by atoms with Crippen LogP contribution < -0.4 is 5.32 Å². The van der Waals surface area contributed by atoms with Crippen molar-refractivity contribution in [3.63, 3.8) is 0 Å². The maximum absolute atomic E-state index is 4.27. The normalized spacial score (nSPS) is 10.7. The minimum atomic E-state index is 0.246. The molecule has 0 aliphatic rings. The van der Waals surface area contributed by atoms with E-state index in [9.17, 15) is 0 Å². The van der Waals surface area contributed by atoms with Gasteiger partial charge in [-0.05, 0) is 28.8 Å². The van der Waals surface area contributed by atoms with Gasteiger partial charge in [0.15, 0.2) is 0 Å². The zero-order chi connectivity index (χ0) is 15.9. The second-order valence-electron chi connectivity index (χ2n) is 5.53. The third kappa shape index (κ3) is 3.96. The number of nitrogens with one attached hydrogen (secondary N) is 1. The number of anilines is 1. The summed E-state index contributed by atoms with van der Waals surface area (Å²) in [6.45, 7) is 0.869. The van der Waals surface area contributed by atoms with Gasteiger partial charge in [-0.2, -0.15) is 12.6 Å². The third-order valence-electron chi connectivity index (χ3n) is 3.93. The van der Waals surface area contributed by atoms with Gasteiger partial charge in [0.05, 0.1) is 0 Å². The lowest BCUT2D eigenvalue weighted by Crippen LogP contribution is -2.06. The van der Waals surface area contributed by atoms with E-state index in [2.05, 4.69) is 103 Å². The fraction of sp³-hybridized carbons (Fsp3) is 0.143. The van der Waals surface area contributed by atoms with E-state index >= 15 is 0 Å². The number of hydrogen-bond acceptors (Lipinski definition) is 2. The molecular weight excluding hydrogens is 298 g/mol. The summed E-state index contributed by atoms with van der Waals surface area (Å²) in [5.74, 6) is 1.07. The molecule has 3 aromatic carbocycles. The highest BCUT2D eigenvalue weighted by Gasteiger charge is 2.16. The van der Waals surface area contributed by atoms with E-state index in [0.717, 1.165) is 18.0 Å². The van der Waals surface area contributed by atoms with Crippen LogP contribution in [0.5, 0.6) is 0 Å². The van der Waals surface area contributed by atoms with E-state index in [1.807, 2.05) is 0 Å². The van der Waals surface area contributed by atoms with Gasteiger partial charge >= 0.3 is 0 Å². The summed E-state index contributed by atoms with van der Waals surface area (Å²) in [6, 6.07) is 30.0. The molecule has 1 nitrogen and oxygen atoms in total. The van der Waals surface area contributed by atoms with Gasteiger partial charge in [-0.15, -0.1) is 0 Å². The second kappa shape index (κ2) is 7.89. The summed E-state index contributed by atoms with van der Waals surface area (Å²) in [5, 5.41) is 3.42. The lowest BCUT2D eigenvalue weighted by atomic mass is 9.85. The molecule has 23 heavy (non-hydrogen) atoms. The molecule has 3 aromatic rings. The molecule has 1 N–H and O–H groups in total. The highest BCUT2D eigenvalue weighted by molar-refractivity contribution is 7.80. The zero-order valence-corrected chi connectivity index (χ0v) is 13.9. The third-order valence-corrected chi connectivity index (χ3v) is 4.15. The van der Waals surface area contributed by atoms with E-state index in [-0.39, 0.29) is 5.92 Å². The second-order valence-corrected chi connectivity index (χ2v) is 5.98. The summed E-state index contributed by atoms with van der Waals surface area (Å²) in [5.41, 5.74) is 5.06. The summed E-state index contributed by atoms with van der Waals surface area (Å²) in [6.07, 6.45) is 0. The number of benzene rings is 3. The maximum Gasteiger partial charge on any atom is 0.0343 e. The van der Waals surface area contributed by atoms with Crippen LogP contribution in [-0.4, -0.2) is 12.3 Å². The predicted molar refractivity (Wildman–Crippen MR) is 103 cm³/mol. The Hall–Kier alpha value is -2.19. The van der Waals surface area contributed by atoms with Crippen LogP contribution in [0.1, 0.15) is 22.6 Å². The van der Waals surface area contributed by atoms with Gasteiger partial charge in [-0.3, -0.25) is 0 Å². The van der Waals surface area contributed by atoms with E-state index in [0.29, 0.717) is 0 Å². The van der Waals surface area contributed by atoms with Gasteiger partial charge in [0.1, 0.15) is 0 Å².